The second-order valence-corrected chi connectivity index (χ2v) is 6.31. The third-order valence-corrected chi connectivity index (χ3v) is 5.38. The van der Waals surface area contributed by atoms with Crippen LogP contribution in [0, 0.1) is 23.7 Å². The van der Waals surface area contributed by atoms with Crippen LogP contribution in [0.3, 0.4) is 0 Å². The van der Waals surface area contributed by atoms with E-state index in [-0.39, 0.29) is 11.9 Å². The molecule has 3 nitrogen and oxygen atoms in total. The molecule has 4 aliphatic carbocycles. The average molecular weight is 223 g/mol. The van der Waals surface area contributed by atoms with Crippen LogP contribution in [0.5, 0.6) is 0 Å². The lowest BCUT2D eigenvalue weighted by atomic mass is 9.53. The molecule has 5 fully saturated rings. The first kappa shape index (κ1) is 9.86. The van der Waals surface area contributed by atoms with Gasteiger partial charge in [0, 0.05) is 18.4 Å². The van der Waals surface area contributed by atoms with Crippen LogP contribution in [-0.4, -0.2) is 25.0 Å². The van der Waals surface area contributed by atoms with Gasteiger partial charge in [-0.2, -0.15) is 0 Å². The first-order valence-electron chi connectivity index (χ1n) is 6.82. The minimum Gasteiger partial charge on any atom is -0.347 e. The van der Waals surface area contributed by atoms with E-state index in [1.807, 2.05) is 0 Å². The predicted molar refractivity (Wildman–Crippen MR) is 59.7 cm³/mol. The number of hydrogen-bond donors (Lipinski definition) is 1. The molecule has 0 aromatic heterocycles. The Morgan fingerprint density at radius 1 is 1.00 bits per heavy atom. The van der Waals surface area contributed by atoms with Crippen molar-refractivity contribution in [3.05, 3.63) is 0 Å². The summed E-state index contributed by atoms with van der Waals surface area (Å²) >= 11 is 0. The van der Waals surface area contributed by atoms with Gasteiger partial charge < -0.3 is 15.2 Å². The molecule has 1 saturated heterocycles. The van der Waals surface area contributed by atoms with E-state index in [1.54, 1.807) is 0 Å². The second-order valence-electron chi connectivity index (χ2n) is 6.31. The summed E-state index contributed by atoms with van der Waals surface area (Å²) in [5, 5.41) is 0. The van der Waals surface area contributed by atoms with Gasteiger partial charge in [-0.1, -0.05) is 0 Å². The third kappa shape index (κ3) is 1.14. The molecule has 90 valence electrons. The van der Waals surface area contributed by atoms with Gasteiger partial charge in [-0.3, -0.25) is 0 Å². The van der Waals surface area contributed by atoms with Gasteiger partial charge in [0.15, 0.2) is 5.79 Å². The highest BCUT2D eigenvalue weighted by Gasteiger charge is 2.61. The van der Waals surface area contributed by atoms with Crippen LogP contribution >= 0.6 is 0 Å². The first-order valence-corrected chi connectivity index (χ1v) is 6.82. The van der Waals surface area contributed by atoms with Crippen LogP contribution in [0.2, 0.25) is 0 Å². The summed E-state index contributed by atoms with van der Waals surface area (Å²) in [5.41, 5.74) is 5.71. The van der Waals surface area contributed by atoms with Crippen molar-refractivity contribution >= 4 is 0 Å². The molecule has 16 heavy (non-hydrogen) atoms. The molecular weight excluding hydrogens is 202 g/mol. The van der Waals surface area contributed by atoms with Crippen LogP contribution in [0.15, 0.2) is 0 Å². The largest absolute Gasteiger partial charge is 0.347 e. The fraction of sp³-hybridized carbons (Fsp3) is 1.00. The summed E-state index contributed by atoms with van der Waals surface area (Å²) < 4.78 is 12.3. The summed E-state index contributed by atoms with van der Waals surface area (Å²) in [6.45, 7) is 1.33. The van der Waals surface area contributed by atoms with Gasteiger partial charge in [0.05, 0.1) is 12.7 Å². The molecule has 1 aliphatic heterocycles. The topological polar surface area (TPSA) is 44.5 Å². The van der Waals surface area contributed by atoms with E-state index in [1.165, 1.54) is 32.1 Å². The molecule has 0 aromatic rings. The van der Waals surface area contributed by atoms with E-state index in [9.17, 15) is 0 Å². The molecule has 0 radical (unpaired) electrons. The van der Waals surface area contributed by atoms with E-state index in [4.69, 9.17) is 15.2 Å². The Hall–Kier alpha value is -0.120. The number of ether oxygens (including phenoxy) is 2. The Balaban J connectivity index is 1.64. The van der Waals surface area contributed by atoms with Crippen molar-refractivity contribution < 1.29 is 9.47 Å². The zero-order chi connectivity index (χ0) is 10.8. The molecule has 4 bridgehead atoms. The molecule has 1 heterocycles. The molecule has 0 amide bonds. The number of nitrogens with two attached hydrogens (primary N) is 1. The van der Waals surface area contributed by atoms with Gasteiger partial charge in [0.2, 0.25) is 0 Å². The molecule has 1 spiro atoms. The summed E-state index contributed by atoms with van der Waals surface area (Å²) in [4.78, 5) is 0. The second kappa shape index (κ2) is 3.21. The van der Waals surface area contributed by atoms with Gasteiger partial charge >= 0.3 is 0 Å². The molecule has 3 heteroatoms. The molecule has 0 aromatic carbocycles. The van der Waals surface area contributed by atoms with Crippen LogP contribution in [0.25, 0.3) is 0 Å². The van der Waals surface area contributed by atoms with Crippen LogP contribution in [0.4, 0.5) is 0 Å². The Kier molecular flexibility index (Phi) is 1.98. The van der Waals surface area contributed by atoms with Crippen molar-refractivity contribution in [2.75, 3.05) is 13.2 Å². The first-order chi connectivity index (χ1) is 7.80. The maximum atomic E-state index is 6.23. The van der Waals surface area contributed by atoms with Crippen LogP contribution < -0.4 is 5.73 Å². The van der Waals surface area contributed by atoms with Gasteiger partial charge in [0.25, 0.3) is 0 Å². The van der Waals surface area contributed by atoms with E-state index in [0.29, 0.717) is 18.4 Å². The standard InChI is InChI=1S/C13H21NO2/c14-6-12-7-15-13(16-12)10-2-8-1-9(4-10)5-11(13)3-8/h8-12H,1-7,14H2/t8-,9?,10+,11-,12?,13?. The van der Waals surface area contributed by atoms with Crippen molar-refractivity contribution in [2.45, 2.75) is 44.0 Å². The Morgan fingerprint density at radius 2 is 1.62 bits per heavy atom. The number of hydrogen-bond acceptors (Lipinski definition) is 3. The van der Waals surface area contributed by atoms with Crippen molar-refractivity contribution in [3.8, 4) is 0 Å². The summed E-state index contributed by atoms with van der Waals surface area (Å²) in [6, 6.07) is 0. The number of rotatable bonds is 1. The minimum atomic E-state index is -0.211. The van der Waals surface area contributed by atoms with Crippen molar-refractivity contribution in [1.29, 1.82) is 0 Å². The lowest BCUT2D eigenvalue weighted by molar-refractivity contribution is -0.293. The molecule has 5 rings (SSSR count). The quantitative estimate of drug-likeness (QED) is 0.733. The van der Waals surface area contributed by atoms with Crippen molar-refractivity contribution in [3.63, 3.8) is 0 Å². The maximum Gasteiger partial charge on any atom is 0.174 e. The highest BCUT2D eigenvalue weighted by molar-refractivity contribution is 5.05. The predicted octanol–water partition coefficient (Wildman–Crippen LogP) is 1.51. The highest BCUT2D eigenvalue weighted by Crippen LogP contribution is 2.61. The van der Waals surface area contributed by atoms with E-state index in [2.05, 4.69) is 0 Å². The van der Waals surface area contributed by atoms with Gasteiger partial charge in [-0.15, -0.1) is 0 Å². The van der Waals surface area contributed by atoms with E-state index >= 15 is 0 Å². The summed E-state index contributed by atoms with van der Waals surface area (Å²) in [5.74, 6) is 3.06. The SMILES string of the molecule is NCC1COC2(O1)[C@H]1CC3C[C@@H](C1)C[C@H]2C3. The van der Waals surface area contributed by atoms with Crippen LogP contribution in [0.1, 0.15) is 32.1 Å². The summed E-state index contributed by atoms with van der Waals surface area (Å²) in [6.07, 6.45) is 6.98. The van der Waals surface area contributed by atoms with Gasteiger partial charge in [-0.25, -0.2) is 0 Å². The fourth-order valence-corrected chi connectivity index (χ4v) is 4.94. The van der Waals surface area contributed by atoms with E-state index < -0.39 is 0 Å². The Bertz CT molecular complexity index is 276. The lowest BCUT2D eigenvalue weighted by Crippen LogP contribution is -2.58. The monoisotopic (exact) mass is 223 g/mol. The Morgan fingerprint density at radius 3 is 2.12 bits per heavy atom. The van der Waals surface area contributed by atoms with Crippen LogP contribution in [-0.2, 0) is 9.47 Å². The lowest BCUT2D eigenvalue weighted by Gasteiger charge is -2.58. The molecular formula is C13H21NO2. The molecule has 1 atom stereocenters. The summed E-state index contributed by atoms with van der Waals surface area (Å²) in [7, 11) is 0. The molecule has 1 unspecified atom stereocenters. The Labute approximate surface area is 96.7 Å². The zero-order valence-corrected chi connectivity index (χ0v) is 9.73. The smallest absolute Gasteiger partial charge is 0.174 e. The van der Waals surface area contributed by atoms with Gasteiger partial charge in [-0.05, 0) is 43.9 Å². The van der Waals surface area contributed by atoms with E-state index in [0.717, 1.165) is 18.4 Å². The van der Waals surface area contributed by atoms with Crippen molar-refractivity contribution in [2.24, 2.45) is 29.4 Å². The fourth-order valence-electron chi connectivity index (χ4n) is 4.94. The minimum absolute atomic E-state index is 0.150. The maximum absolute atomic E-state index is 6.23. The normalized spacial score (nSPS) is 58.7. The molecule has 5 aliphatic rings. The van der Waals surface area contributed by atoms with Gasteiger partial charge in [0.1, 0.15) is 0 Å². The third-order valence-electron chi connectivity index (χ3n) is 5.38. The highest BCUT2D eigenvalue weighted by atomic mass is 16.7. The molecule has 4 saturated carbocycles. The van der Waals surface area contributed by atoms with Crippen molar-refractivity contribution in [1.82, 2.24) is 0 Å². The molecule has 2 N–H and O–H groups in total. The zero-order valence-electron chi connectivity index (χ0n) is 9.73. The average Bonchev–Trinajstić information content (AvgIpc) is 2.70.